The maximum atomic E-state index is 12.1. The zero-order valence-electron chi connectivity index (χ0n) is 11.3. The van der Waals surface area contributed by atoms with Crippen molar-refractivity contribution in [2.24, 2.45) is 0 Å². The van der Waals surface area contributed by atoms with Gasteiger partial charge >= 0.3 is 0 Å². The highest BCUT2D eigenvalue weighted by Gasteiger charge is 2.29. The minimum atomic E-state index is -0.196. The fraction of sp³-hybridized carbons (Fsp3) is 0.286. The van der Waals surface area contributed by atoms with E-state index < -0.39 is 0 Å². The van der Waals surface area contributed by atoms with Crippen molar-refractivity contribution in [3.05, 3.63) is 29.5 Å². The third-order valence-corrected chi connectivity index (χ3v) is 3.23. The molecule has 1 fully saturated rings. The number of phenolic OH excluding ortho intramolecular Hbond substituents is 1. The number of nitrogens with zero attached hydrogens (tertiary/aromatic N) is 1. The number of likely N-dealkylation sites (N-methyl/N-ethyl adjacent to an activating group) is 1. The minimum absolute atomic E-state index is 0.0114. The van der Waals surface area contributed by atoms with Gasteiger partial charge in [-0.3, -0.25) is 9.69 Å². The van der Waals surface area contributed by atoms with Crippen LogP contribution >= 0.6 is 12.2 Å². The number of hydrogen-bond donors (Lipinski definition) is 2. The summed E-state index contributed by atoms with van der Waals surface area (Å²) in [6, 6.07) is 5.14. The smallest absolute Gasteiger partial charge is 0.276 e. The highest BCUT2D eigenvalue weighted by Crippen LogP contribution is 2.31. The number of ether oxygens (including phenoxy) is 1. The van der Waals surface area contributed by atoms with E-state index in [9.17, 15) is 9.90 Å². The molecule has 0 bridgehead atoms. The van der Waals surface area contributed by atoms with Gasteiger partial charge in [0.2, 0.25) is 0 Å². The van der Waals surface area contributed by atoms with Gasteiger partial charge in [0.15, 0.2) is 16.6 Å². The van der Waals surface area contributed by atoms with E-state index in [1.807, 2.05) is 13.8 Å². The molecule has 0 spiro atoms. The summed E-state index contributed by atoms with van der Waals surface area (Å²) in [7, 11) is 0. The van der Waals surface area contributed by atoms with Crippen LogP contribution in [0, 0.1) is 0 Å². The van der Waals surface area contributed by atoms with Crippen molar-refractivity contribution in [2.45, 2.75) is 13.8 Å². The van der Waals surface area contributed by atoms with E-state index >= 15 is 0 Å². The quantitative estimate of drug-likeness (QED) is 0.655. The first-order valence-corrected chi connectivity index (χ1v) is 6.78. The largest absolute Gasteiger partial charge is 0.504 e. The van der Waals surface area contributed by atoms with E-state index in [2.05, 4.69) is 5.32 Å². The van der Waals surface area contributed by atoms with Gasteiger partial charge in [-0.1, -0.05) is 12.1 Å². The second kappa shape index (κ2) is 5.92. The average Bonchev–Trinajstić information content (AvgIpc) is 2.69. The van der Waals surface area contributed by atoms with Crippen molar-refractivity contribution in [1.82, 2.24) is 10.2 Å². The molecular weight excluding hydrogens is 276 g/mol. The SMILES string of the molecule is CCOc1cccc(/C=C2\NC(=S)N(CC)C2=O)c1O. The summed E-state index contributed by atoms with van der Waals surface area (Å²) in [4.78, 5) is 13.5. The van der Waals surface area contributed by atoms with Crippen molar-refractivity contribution in [3.8, 4) is 11.5 Å². The topological polar surface area (TPSA) is 61.8 Å². The van der Waals surface area contributed by atoms with Crippen LogP contribution in [0.1, 0.15) is 19.4 Å². The van der Waals surface area contributed by atoms with Gasteiger partial charge in [0.25, 0.3) is 5.91 Å². The first-order chi connectivity index (χ1) is 9.58. The van der Waals surface area contributed by atoms with Gasteiger partial charge in [0.1, 0.15) is 5.70 Å². The van der Waals surface area contributed by atoms with Gasteiger partial charge in [0, 0.05) is 12.1 Å². The number of carbonyl (C=O) groups is 1. The Labute approximate surface area is 122 Å². The van der Waals surface area contributed by atoms with Crippen molar-refractivity contribution < 1.29 is 14.6 Å². The Morgan fingerprint density at radius 3 is 2.80 bits per heavy atom. The predicted octanol–water partition coefficient (Wildman–Crippen LogP) is 1.87. The van der Waals surface area contributed by atoms with Crippen molar-refractivity contribution in [3.63, 3.8) is 0 Å². The molecule has 0 atom stereocenters. The molecule has 6 heteroatoms. The molecule has 1 aliphatic rings. The lowest BCUT2D eigenvalue weighted by Gasteiger charge is -2.09. The Morgan fingerprint density at radius 1 is 1.45 bits per heavy atom. The fourth-order valence-electron chi connectivity index (χ4n) is 1.94. The van der Waals surface area contributed by atoms with E-state index in [0.29, 0.717) is 35.3 Å². The first-order valence-electron chi connectivity index (χ1n) is 6.37. The predicted molar refractivity (Wildman–Crippen MR) is 80.4 cm³/mol. The van der Waals surface area contributed by atoms with Gasteiger partial charge < -0.3 is 15.2 Å². The molecule has 1 aromatic carbocycles. The summed E-state index contributed by atoms with van der Waals surface area (Å²) in [6.07, 6.45) is 1.57. The summed E-state index contributed by atoms with van der Waals surface area (Å²) in [5.41, 5.74) is 0.855. The van der Waals surface area contributed by atoms with Gasteiger partial charge in [-0.2, -0.15) is 0 Å². The number of nitrogens with one attached hydrogen (secondary N) is 1. The highest BCUT2D eigenvalue weighted by atomic mass is 32.1. The molecule has 106 valence electrons. The van der Waals surface area contributed by atoms with E-state index in [0.717, 1.165) is 0 Å². The Kier molecular flexibility index (Phi) is 4.24. The molecular formula is C14H16N2O3S. The van der Waals surface area contributed by atoms with Crippen LogP contribution in [0.4, 0.5) is 0 Å². The van der Waals surface area contributed by atoms with Crippen LogP contribution in [0.3, 0.4) is 0 Å². The molecule has 2 rings (SSSR count). The van der Waals surface area contributed by atoms with Gasteiger partial charge in [-0.15, -0.1) is 0 Å². The molecule has 0 aliphatic carbocycles. The van der Waals surface area contributed by atoms with Gasteiger partial charge in [-0.05, 0) is 38.2 Å². The number of carbonyl (C=O) groups excluding carboxylic acids is 1. The Hall–Kier alpha value is -2.08. The minimum Gasteiger partial charge on any atom is -0.504 e. The van der Waals surface area contributed by atoms with Crippen LogP contribution in [0.5, 0.6) is 11.5 Å². The van der Waals surface area contributed by atoms with Crippen LogP contribution in [0.2, 0.25) is 0 Å². The molecule has 20 heavy (non-hydrogen) atoms. The normalized spacial score (nSPS) is 16.7. The summed E-state index contributed by atoms with van der Waals surface area (Å²) < 4.78 is 5.31. The number of phenols is 1. The highest BCUT2D eigenvalue weighted by molar-refractivity contribution is 7.80. The number of amides is 1. The molecule has 2 N–H and O–H groups in total. The lowest BCUT2D eigenvalue weighted by molar-refractivity contribution is -0.122. The van der Waals surface area contributed by atoms with Crippen LogP contribution < -0.4 is 10.1 Å². The molecule has 1 saturated heterocycles. The van der Waals surface area contributed by atoms with Crippen LogP contribution in [-0.4, -0.2) is 34.2 Å². The van der Waals surface area contributed by atoms with Gasteiger partial charge in [0.05, 0.1) is 6.61 Å². The number of thiocarbonyl (C=S) groups is 1. The zero-order chi connectivity index (χ0) is 14.7. The third-order valence-electron chi connectivity index (χ3n) is 2.91. The monoisotopic (exact) mass is 292 g/mol. The summed E-state index contributed by atoms with van der Waals surface area (Å²) in [6.45, 7) is 4.65. The molecule has 1 amide bonds. The van der Waals surface area contributed by atoms with Gasteiger partial charge in [-0.25, -0.2) is 0 Å². The standard InChI is InChI=1S/C14H16N2O3S/c1-3-16-13(18)10(15-14(16)20)8-9-6-5-7-11(12(9)17)19-4-2/h5-8,17H,3-4H2,1-2H3,(H,15,20)/b10-8-. The zero-order valence-corrected chi connectivity index (χ0v) is 12.2. The van der Waals surface area contributed by atoms with Crippen LogP contribution in [-0.2, 0) is 4.79 Å². The maximum Gasteiger partial charge on any atom is 0.276 e. The van der Waals surface area contributed by atoms with Crippen molar-refractivity contribution >= 4 is 29.3 Å². The van der Waals surface area contributed by atoms with E-state index in [1.165, 1.54) is 4.90 Å². The molecule has 0 saturated carbocycles. The number of rotatable bonds is 4. The Morgan fingerprint density at radius 2 is 2.20 bits per heavy atom. The first kappa shape index (κ1) is 14.3. The molecule has 1 aromatic rings. The second-order valence-corrected chi connectivity index (χ2v) is 4.55. The second-order valence-electron chi connectivity index (χ2n) is 4.16. The van der Waals surface area contributed by atoms with E-state index in [-0.39, 0.29) is 11.7 Å². The third kappa shape index (κ3) is 2.60. The summed E-state index contributed by atoms with van der Waals surface area (Å²) >= 11 is 5.08. The Balaban J connectivity index is 2.34. The van der Waals surface area contributed by atoms with E-state index in [4.69, 9.17) is 17.0 Å². The summed E-state index contributed by atoms with van der Waals surface area (Å²) in [5, 5.41) is 13.3. The Bertz CT molecular complexity index is 584. The van der Waals surface area contributed by atoms with Crippen LogP contribution in [0.25, 0.3) is 6.08 Å². The summed E-state index contributed by atoms with van der Waals surface area (Å²) in [5.74, 6) is 0.207. The number of para-hydroxylation sites is 1. The van der Waals surface area contributed by atoms with Crippen LogP contribution in [0.15, 0.2) is 23.9 Å². The number of benzene rings is 1. The lowest BCUT2D eigenvalue weighted by Crippen LogP contribution is -2.30. The molecule has 0 unspecified atom stereocenters. The molecule has 1 heterocycles. The number of hydrogen-bond acceptors (Lipinski definition) is 4. The molecule has 0 radical (unpaired) electrons. The molecule has 0 aromatic heterocycles. The fourth-order valence-corrected chi connectivity index (χ4v) is 2.26. The average molecular weight is 292 g/mol. The number of aromatic hydroxyl groups is 1. The maximum absolute atomic E-state index is 12.1. The molecule has 1 aliphatic heterocycles. The van der Waals surface area contributed by atoms with E-state index in [1.54, 1.807) is 24.3 Å². The van der Waals surface area contributed by atoms with Crippen molar-refractivity contribution in [1.29, 1.82) is 0 Å². The van der Waals surface area contributed by atoms with Crippen molar-refractivity contribution in [2.75, 3.05) is 13.2 Å². The molecule has 5 nitrogen and oxygen atoms in total. The lowest BCUT2D eigenvalue weighted by atomic mass is 10.1.